The second-order valence-electron chi connectivity index (χ2n) is 8.44. The van der Waals surface area contributed by atoms with Gasteiger partial charge in [-0.2, -0.15) is 9.78 Å². The van der Waals surface area contributed by atoms with Gasteiger partial charge in [-0.25, -0.2) is 8.78 Å². The van der Waals surface area contributed by atoms with Gasteiger partial charge in [0.1, 0.15) is 17.8 Å². The molecule has 0 radical (unpaired) electrons. The summed E-state index contributed by atoms with van der Waals surface area (Å²) in [5, 5.41) is 7.62. The van der Waals surface area contributed by atoms with Crippen molar-refractivity contribution in [1.82, 2.24) is 14.8 Å². The van der Waals surface area contributed by atoms with Crippen LogP contribution in [0.3, 0.4) is 0 Å². The van der Waals surface area contributed by atoms with Gasteiger partial charge in [0.2, 0.25) is 5.03 Å². The third kappa shape index (κ3) is 5.40. The molecular weight excluding hydrogens is 542 g/mol. The van der Waals surface area contributed by atoms with Crippen molar-refractivity contribution in [3.8, 4) is 28.7 Å². The molecule has 2 aromatic heterocycles. The molecule has 2 heterocycles. The van der Waals surface area contributed by atoms with Crippen molar-refractivity contribution in [2.45, 2.75) is 5.03 Å². The molecule has 1 N–H and O–H groups in total. The van der Waals surface area contributed by atoms with Crippen molar-refractivity contribution in [3.63, 3.8) is 0 Å². The molecule has 40 heavy (non-hydrogen) atoms. The molecule has 12 heteroatoms. The van der Waals surface area contributed by atoms with Crippen LogP contribution < -0.4 is 19.5 Å². The lowest BCUT2D eigenvalue weighted by Gasteiger charge is -2.13. The van der Waals surface area contributed by atoms with Crippen LogP contribution in [-0.2, 0) is 11.2 Å². The van der Waals surface area contributed by atoms with Gasteiger partial charge >= 0.3 is 0 Å². The van der Waals surface area contributed by atoms with Gasteiger partial charge in [0, 0.05) is 46.6 Å². The van der Waals surface area contributed by atoms with Gasteiger partial charge in [0.25, 0.3) is 5.91 Å². The maximum Gasteiger partial charge on any atom is 0.276 e. The number of carbonyl (C=O) groups is 1. The molecule has 0 spiro atoms. The van der Waals surface area contributed by atoms with E-state index in [-0.39, 0.29) is 22.2 Å². The summed E-state index contributed by atoms with van der Waals surface area (Å²) in [7, 11) is 3.02. The Bertz CT molecular complexity index is 1710. The molecular formula is C28H22F2N4O5S. The van der Waals surface area contributed by atoms with Crippen molar-refractivity contribution in [2.24, 2.45) is 0 Å². The maximum absolute atomic E-state index is 15.1. The van der Waals surface area contributed by atoms with Crippen molar-refractivity contribution < 1.29 is 32.3 Å². The molecule has 204 valence electrons. The number of nitrogens with zero attached hydrogens (tertiary/aromatic N) is 3. The van der Waals surface area contributed by atoms with Crippen LogP contribution in [0, 0.1) is 11.6 Å². The Labute approximate surface area is 230 Å². The number of aromatic nitrogens is 3. The van der Waals surface area contributed by atoms with Crippen molar-refractivity contribution in [2.75, 3.05) is 25.8 Å². The average molecular weight is 565 g/mol. The minimum atomic E-state index is -1.50. The summed E-state index contributed by atoms with van der Waals surface area (Å²) in [6.07, 6.45) is 2.96. The number of amides is 1. The zero-order valence-electron chi connectivity index (χ0n) is 21.5. The van der Waals surface area contributed by atoms with Crippen molar-refractivity contribution >= 4 is 33.7 Å². The highest BCUT2D eigenvalue weighted by molar-refractivity contribution is 7.90. The summed E-state index contributed by atoms with van der Waals surface area (Å²) >= 11 is -1.50. The van der Waals surface area contributed by atoms with E-state index < -0.39 is 28.7 Å². The van der Waals surface area contributed by atoms with Gasteiger partial charge in [-0.1, -0.05) is 0 Å². The van der Waals surface area contributed by atoms with Crippen LogP contribution >= 0.6 is 0 Å². The second-order valence-corrected chi connectivity index (χ2v) is 9.77. The van der Waals surface area contributed by atoms with E-state index in [0.29, 0.717) is 33.8 Å². The van der Waals surface area contributed by atoms with Crippen LogP contribution in [0.15, 0.2) is 78.0 Å². The van der Waals surface area contributed by atoms with E-state index in [1.807, 2.05) is 0 Å². The molecule has 1 unspecified atom stereocenters. The molecule has 0 saturated carbocycles. The van der Waals surface area contributed by atoms with E-state index in [0.717, 1.165) is 6.07 Å². The Morgan fingerprint density at radius 1 is 0.925 bits per heavy atom. The van der Waals surface area contributed by atoms with E-state index in [4.69, 9.17) is 14.2 Å². The normalized spacial score (nSPS) is 11.8. The summed E-state index contributed by atoms with van der Waals surface area (Å²) < 4.78 is 58.4. The van der Waals surface area contributed by atoms with Crippen molar-refractivity contribution in [3.05, 3.63) is 90.3 Å². The highest BCUT2D eigenvalue weighted by Gasteiger charge is 2.22. The molecule has 1 atom stereocenters. The van der Waals surface area contributed by atoms with Crippen LogP contribution in [0.1, 0.15) is 10.5 Å². The fourth-order valence-corrected chi connectivity index (χ4v) is 4.63. The Morgan fingerprint density at radius 2 is 1.65 bits per heavy atom. The van der Waals surface area contributed by atoms with E-state index >= 15 is 4.39 Å². The summed E-state index contributed by atoms with van der Waals surface area (Å²) in [6, 6.07) is 15.6. The average Bonchev–Trinajstić information content (AvgIpc) is 3.40. The Balaban J connectivity index is 1.37. The second kappa shape index (κ2) is 11.2. The van der Waals surface area contributed by atoms with Crippen molar-refractivity contribution in [1.29, 1.82) is 0 Å². The lowest BCUT2D eigenvalue weighted by atomic mass is 10.2. The monoisotopic (exact) mass is 564 g/mol. The molecule has 0 aliphatic rings. The zero-order valence-corrected chi connectivity index (χ0v) is 22.3. The number of carbonyl (C=O) groups excluding carboxylic acids is 1. The molecule has 0 aliphatic heterocycles. The Hall–Kier alpha value is -4.68. The molecule has 0 saturated heterocycles. The number of nitrogens with one attached hydrogen (secondary N) is 1. The fraction of sp³-hybridized carbons (Fsp3) is 0.107. The lowest BCUT2D eigenvalue weighted by Crippen LogP contribution is -2.13. The molecule has 0 bridgehead atoms. The predicted molar refractivity (Wildman–Crippen MR) is 145 cm³/mol. The number of ether oxygens (including phenoxy) is 3. The number of benzene rings is 3. The first-order chi connectivity index (χ1) is 19.3. The topological polar surface area (TPSA) is 111 Å². The van der Waals surface area contributed by atoms with Gasteiger partial charge in [-0.15, -0.1) is 0 Å². The van der Waals surface area contributed by atoms with Gasteiger partial charge in [-0.05, 0) is 48.5 Å². The molecule has 5 rings (SSSR count). The molecule has 3 aromatic carbocycles. The third-order valence-electron chi connectivity index (χ3n) is 5.89. The van der Waals surface area contributed by atoms with Gasteiger partial charge in [-0.3, -0.25) is 9.78 Å². The lowest BCUT2D eigenvalue weighted by molar-refractivity contribution is 0.102. The Morgan fingerprint density at radius 3 is 2.33 bits per heavy atom. The number of halogens is 2. The number of fused-ring (bicyclic) bond motifs is 1. The SMILES string of the molecule is COc1cc2nccc(Oc3ccc(NC(=O)c4cc([S+](C)[O-])n(-c5ccc(F)cc5)n4)cc3F)c2cc1OC. The summed E-state index contributed by atoms with van der Waals surface area (Å²) in [5.74, 6) is -0.608. The van der Waals surface area contributed by atoms with Crippen LogP contribution in [0.2, 0.25) is 0 Å². The number of anilines is 1. The molecule has 9 nitrogen and oxygen atoms in total. The van der Waals surface area contributed by atoms with Gasteiger partial charge in [0.05, 0.1) is 25.4 Å². The third-order valence-corrected chi connectivity index (χ3v) is 6.77. The maximum atomic E-state index is 15.1. The first kappa shape index (κ1) is 26.9. The van der Waals surface area contributed by atoms with E-state index in [9.17, 15) is 13.7 Å². The largest absolute Gasteiger partial charge is 0.610 e. The molecule has 0 aliphatic carbocycles. The van der Waals surface area contributed by atoms with E-state index in [2.05, 4.69) is 15.4 Å². The number of pyridine rings is 1. The number of rotatable bonds is 8. The smallest absolute Gasteiger partial charge is 0.276 e. The molecule has 0 fully saturated rings. The fourth-order valence-electron chi connectivity index (χ4n) is 3.96. The van der Waals surface area contributed by atoms with E-state index in [1.54, 1.807) is 18.2 Å². The minimum absolute atomic E-state index is 0.0529. The summed E-state index contributed by atoms with van der Waals surface area (Å²) in [5.41, 5.74) is 1.09. The van der Waals surface area contributed by atoms with Gasteiger partial charge < -0.3 is 24.1 Å². The van der Waals surface area contributed by atoms with E-state index in [1.165, 1.54) is 73.8 Å². The highest BCUT2D eigenvalue weighted by Crippen LogP contribution is 2.37. The first-order valence-electron chi connectivity index (χ1n) is 11.8. The number of methoxy groups -OCH3 is 2. The van der Waals surface area contributed by atoms with Crippen LogP contribution in [-0.4, -0.2) is 45.7 Å². The summed E-state index contributed by atoms with van der Waals surface area (Å²) in [4.78, 5) is 17.2. The minimum Gasteiger partial charge on any atom is -0.610 e. The number of hydrogen-bond donors (Lipinski definition) is 1. The van der Waals surface area contributed by atoms with Crippen LogP contribution in [0.5, 0.6) is 23.0 Å². The van der Waals surface area contributed by atoms with Crippen LogP contribution in [0.25, 0.3) is 16.6 Å². The quantitative estimate of drug-likeness (QED) is 0.248. The predicted octanol–water partition coefficient (Wildman–Crippen LogP) is 5.50. The van der Waals surface area contributed by atoms with Crippen LogP contribution in [0.4, 0.5) is 14.5 Å². The van der Waals surface area contributed by atoms with Gasteiger partial charge in [0.15, 0.2) is 28.8 Å². The highest BCUT2D eigenvalue weighted by atomic mass is 32.2. The zero-order chi connectivity index (χ0) is 28.4. The Kier molecular flexibility index (Phi) is 7.54. The first-order valence-corrected chi connectivity index (χ1v) is 13.3. The molecule has 1 amide bonds. The standard InChI is InChI=1S/C28H22F2N4O5S/c1-37-25-13-19-21(14-26(25)38-2)31-11-10-23(19)39-24-9-6-17(12-20(24)30)32-28(35)22-15-27(40(3)36)34(33-22)18-7-4-16(29)5-8-18/h4-15H,1-3H3,(H,32,35). The number of hydrogen-bond acceptors (Lipinski definition) is 7. The summed E-state index contributed by atoms with van der Waals surface area (Å²) in [6.45, 7) is 0. The molecule has 5 aromatic rings.